The van der Waals surface area contributed by atoms with Gasteiger partial charge in [0.25, 0.3) is 0 Å². The molecule has 0 radical (unpaired) electrons. The van der Waals surface area contributed by atoms with Gasteiger partial charge in [0.1, 0.15) is 0 Å². The maximum absolute atomic E-state index is 12.3. The third-order valence-corrected chi connectivity index (χ3v) is 3.43. The van der Waals surface area contributed by atoms with Crippen LogP contribution in [0.25, 0.3) is 0 Å². The number of halogens is 4. The lowest BCUT2D eigenvalue weighted by atomic mass is 10.4. The molecular weight excluding hydrogens is 261 g/mol. The molecule has 1 aromatic heterocycles. The van der Waals surface area contributed by atoms with Crippen LogP contribution in [0.2, 0.25) is 4.47 Å². The zero-order chi connectivity index (χ0) is 11.8. The van der Waals surface area contributed by atoms with Crippen molar-refractivity contribution in [1.82, 2.24) is 9.88 Å². The molecule has 1 heterocycles. The second-order valence-electron chi connectivity index (χ2n) is 3.83. The third kappa shape index (κ3) is 3.61. The van der Waals surface area contributed by atoms with Gasteiger partial charge < -0.3 is 0 Å². The van der Waals surface area contributed by atoms with Crippen molar-refractivity contribution in [1.29, 1.82) is 0 Å². The third-order valence-electron chi connectivity index (χ3n) is 2.33. The number of rotatable bonds is 4. The van der Waals surface area contributed by atoms with E-state index in [0.29, 0.717) is 4.47 Å². The molecule has 0 unspecified atom stereocenters. The Morgan fingerprint density at radius 3 is 2.62 bits per heavy atom. The predicted octanol–water partition coefficient (Wildman–Crippen LogP) is 3.32. The highest BCUT2D eigenvalue weighted by Gasteiger charge is 2.38. The summed E-state index contributed by atoms with van der Waals surface area (Å²) in [5.41, 5.74) is 0. The molecule has 0 atom stereocenters. The highest BCUT2D eigenvalue weighted by Crippen LogP contribution is 2.32. The molecule has 0 amide bonds. The van der Waals surface area contributed by atoms with Gasteiger partial charge in [0.05, 0.1) is 6.54 Å². The highest BCUT2D eigenvalue weighted by atomic mass is 35.5. The average Bonchev–Trinajstić information content (AvgIpc) is 2.89. The summed E-state index contributed by atoms with van der Waals surface area (Å²) in [5.74, 6) is 0. The van der Waals surface area contributed by atoms with Gasteiger partial charge >= 0.3 is 6.18 Å². The lowest BCUT2D eigenvalue weighted by molar-refractivity contribution is -0.148. The van der Waals surface area contributed by atoms with E-state index < -0.39 is 12.7 Å². The summed E-state index contributed by atoms with van der Waals surface area (Å²) in [6, 6.07) is 0.0718. The number of hydrogen-bond acceptors (Lipinski definition) is 3. The fraction of sp³-hybridized carbons (Fsp3) is 0.667. The molecule has 0 aromatic carbocycles. The molecule has 0 aliphatic heterocycles. The molecule has 0 saturated heterocycles. The number of hydrogen-bond donors (Lipinski definition) is 0. The van der Waals surface area contributed by atoms with Crippen molar-refractivity contribution in [3.05, 3.63) is 15.5 Å². The van der Waals surface area contributed by atoms with Crippen LogP contribution in [0.1, 0.15) is 17.7 Å². The van der Waals surface area contributed by atoms with Crippen LogP contribution in [0.5, 0.6) is 0 Å². The molecule has 0 N–H and O–H groups in total. The van der Waals surface area contributed by atoms with Gasteiger partial charge in [0.2, 0.25) is 0 Å². The van der Waals surface area contributed by atoms with Crippen molar-refractivity contribution in [2.45, 2.75) is 31.6 Å². The Kier molecular flexibility index (Phi) is 3.42. The molecule has 1 aliphatic rings. The minimum absolute atomic E-state index is 0.0718. The molecule has 2 rings (SSSR count). The first kappa shape index (κ1) is 12.1. The highest BCUT2D eigenvalue weighted by molar-refractivity contribution is 7.15. The predicted molar refractivity (Wildman–Crippen MR) is 56.6 cm³/mol. The smallest absolute Gasteiger partial charge is 0.287 e. The average molecular weight is 271 g/mol. The molecule has 90 valence electrons. The van der Waals surface area contributed by atoms with Crippen LogP contribution in [0, 0.1) is 0 Å². The summed E-state index contributed by atoms with van der Waals surface area (Å²) in [6.07, 6.45) is -0.902. The normalized spacial score (nSPS) is 17.1. The summed E-state index contributed by atoms with van der Waals surface area (Å²) in [5, 5.41) is 0. The van der Waals surface area contributed by atoms with E-state index >= 15 is 0 Å². The first-order valence-corrected chi connectivity index (χ1v) is 6.04. The van der Waals surface area contributed by atoms with Crippen LogP contribution >= 0.6 is 22.9 Å². The molecular formula is C9H10ClF3N2S. The summed E-state index contributed by atoms with van der Waals surface area (Å²) in [7, 11) is 0. The standard InChI is InChI=1S/C9H10ClF3N2S/c10-8-14-3-7(16-8)4-15(6-1-2-6)5-9(11,12)13/h3,6H,1-2,4-5H2. The molecule has 1 fully saturated rings. The lowest BCUT2D eigenvalue weighted by Gasteiger charge is -2.22. The second-order valence-corrected chi connectivity index (χ2v) is 5.53. The zero-order valence-electron chi connectivity index (χ0n) is 8.30. The number of nitrogens with zero attached hydrogens (tertiary/aromatic N) is 2. The molecule has 1 aromatic rings. The van der Waals surface area contributed by atoms with Gasteiger partial charge in [-0.15, -0.1) is 11.3 Å². The topological polar surface area (TPSA) is 16.1 Å². The molecule has 0 spiro atoms. The Hall–Kier alpha value is -0.330. The van der Waals surface area contributed by atoms with Gasteiger partial charge in [0, 0.05) is 23.7 Å². The summed E-state index contributed by atoms with van der Waals surface area (Å²) >= 11 is 6.87. The Morgan fingerprint density at radius 2 is 2.19 bits per heavy atom. The summed E-state index contributed by atoms with van der Waals surface area (Å²) in [6.45, 7) is -0.568. The minimum Gasteiger partial charge on any atom is -0.287 e. The van der Waals surface area contributed by atoms with Crippen molar-refractivity contribution in [2.24, 2.45) is 0 Å². The first-order chi connectivity index (χ1) is 7.44. The maximum atomic E-state index is 12.3. The van der Waals surface area contributed by atoms with E-state index in [1.807, 2.05) is 0 Å². The van der Waals surface area contributed by atoms with Crippen LogP contribution < -0.4 is 0 Å². The molecule has 1 aliphatic carbocycles. The molecule has 16 heavy (non-hydrogen) atoms. The second kappa shape index (κ2) is 4.50. The summed E-state index contributed by atoms with van der Waals surface area (Å²) in [4.78, 5) is 6.05. The SMILES string of the molecule is FC(F)(F)CN(Cc1cnc(Cl)s1)C1CC1. The van der Waals surface area contributed by atoms with E-state index in [2.05, 4.69) is 4.98 Å². The van der Waals surface area contributed by atoms with Gasteiger partial charge in [-0.25, -0.2) is 4.98 Å². The number of thiazole rings is 1. The number of aromatic nitrogens is 1. The van der Waals surface area contributed by atoms with E-state index in [4.69, 9.17) is 11.6 Å². The monoisotopic (exact) mass is 270 g/mol. The largest absolute Gasteiger partial charge is 0.401 e. The minimum atomic E-state index is -4.14. The van der Waals surface area contributed by atoms with E-state index in [1.54, 1.807) is 6.20 Å². The summed E-state index contributed by atoms with van der Waals surface area (Å²) < 4.78 is 37.3. The van der Waals surface area contributed by atoms with Gasteiger partial charge in [-0.05, 0) is 12.8 Å². The maximum Gasteiger partial charge on any atom is 0.401 e. The fourth-order valence-corrected chi connectivity index (χ4v) is 2.54. The van der Waals surface area contributed by atoms with Crippen LogP contribution in [-0.2, 0) is 6.54 Å². The molecule has 1 saturated carbocycles. The Morgan fingerprint density at radius 1 is 1.50 bits per heavy atom. The van der Waals surface area contributed by atoms with Crippen LogP contribution in [0.3, 0.4) is 0 Å². The lowest BCUT2D eigenvalue weighted by Crippen LogP contribution is -2.35. The van der Waals surface area contributed by atoms with Crippen LogP contribution in [0.15, 0.2) is 6.20 Å². The van der Waals surface area contributed by atoms with Crippen LogP contribution in [-0.4, -0.2) is 28.6 Å². The van der Waals surface area contributed by atoms with Gasteiger partial charge in [-0.3, -0.25) is 4.90 Å². The molecule has 7 heteroatoms. The molecule has 0 bridgehead atoms. The van der Waals surface area contributed by atoms with Gasteiger partial charge in [0.15, 0.2) is 4.47 Å². The molecule has 2 nitrogen and oxygen atoms in total. The first-order valence-electron chi connectivity index (χ1n) is 4.85. The number of alkyl halides is 3. The van der Waals surface area contributed by atoms with E-state index in [1.165, 1.54) is 16.2 Å². The Balaban J connectivity index is 1.97. The van der Waals surface area contributed by atoms with Crippen LogP contribution in [0.4, 0.5) is 13.2 Å². The Labute approximate surface area is 100 Å². The van der Waals surface area contributed by atoms with Gasteiger partial charge in [-0.1, -0.05) is 11.6 Å². The van der Waals surface area contributed by atoms with E-state index in [9.17, 15) is 13.2 Å². The van der Waals surface area contributed by atoms with Crippen molar-refractivity contribution in [2.75, 3.05) is 6.54 Å². The van der Waals surface area contributed by atoms with E-state index in [-0.39, 0.29) is 12.6 Å². The van der Waals surface area contributed by atoms with Gasteiger partial charge in [-0.2, -0.15) is 13.2 Å². The van der Waals surface area contributed by atoms with Crippen molar-refractivity contribution in [3.8, 4) is 0 Å². The fourth-order valence-electron chi connectivity index (χ4n) is 1.54. The Bertz CT molecular complexity index is 362. The quantitative estimate of drug-likeness (QED) is 0.834. The van der Waals surface area contributed by atoms with Crippen molar-refractivity contribution < 1.29 is 13.2 Å². The van der Waals surface area contributed by atoms with Crippen molar-refractivity contribution in [3.63, 3.8) is 0 Å². The zero-order valence-corrected chi connectivity index (χ0v) is 9.87. The van der Waals surface area contributed by atoms with Crippen molar-refractivity contribution >= 4 is 22.9 Å². The van der Waals surface area contributed by atoms with E-state index in [0.717, 1.165) is 17.7 Å².